The summed E-state index contributed by atoms with van der Waals surface area (Å²) in [6, 6.07) is 5.10. The molecule has 3 rings (SSSR count). The van der Waals surface area contributed by atoms with Crippen molar-refractivity contribution in [2.24, 2.45) is 5.18 Å². The van der Waals surface area contributed by atoms with Gasteiger partial charge in [-0.1, -0.05) is 38.9 Å². The van der Waals surface area contributed by atoms with Gasteiger partial charge in [-0.3, -0.25) is 0 Å². The van der Waals surface area contributed by atoms with Gasteiger partial charge in [-0.15, -0.1) is 0 Å². The summed E-state index contributed by atoms with van der Waals surface area (Å²) in [6.07, 6.45) is 2.08. The average Bonchev–Trinajstić information content (AvgIpc) is 2.64. The Bertz CT molecular complexity index is 964. The van der Waals surface area contributed by atoms with E-state index in [0.717, 1.165) is 30.0 Å². The maximum atomic E-state index is 15.4. The number of aryl methyl sites for hydroxylation is 1. The van der Waals surface area contributed by atoms with Crippen LogP contribution in [0.15, 0.2) is 23.4 Å². The quantitative estimate of drug-likeness (QED) is 0.508. The molecule has 156 valence electrons. The van der Waals surface area contributed by atoms with Crippen molar-refractivity contribution in [3.63, 3.8) is 0 Å². The van der Waals surface area contributed by atoms with Crippen molar-refractivity contribution in [2.75, 3.05) is 6.61 Å². The Morgan fingerprint density at radius 3 is 2.17 bits per heavy atom. The smallest absolute Gasteiger partial charge is 0.166 e. The van der Waals surface area contributed by atoms with Gasteiger partial charge in [0, 0.05) is 5.56 Å². The Morgan fingerprint density at radius 2 is 1.62 bits per heavy atom. The number of ether oxygens (including phenoxy) is 1. The van der Waals surface area contributed by atoms with E-state index in [0.29, 0.717) is 5.56 Å². The molecule has 0 unspecified atom stereocenters. The van der Waals surface area contributed by atoms with Crippen LogP contribution in [-0.2, 0) is 17.4 Å². The predicted molar refractivity (Wildman–Crippen MR) is 112 cm³/mol. The van der Waals surface area contributed by atoms with Crippen LogP contribution in [0.2, 0.25) is 0 Å². The lowest BCUT2D eigenvalue weighted by Crippen LogP contribution is -2.34. The van der Waals surface area contributed by atoms with Crippen LogP contribution in [0.1, 0.15) is 69.7 Å². The Morgan fingerprint density at radius 1 is 1.03 bits per heavy atom. The molecule has 1 aliphatic carbocycles. The van der Waals surface area contributed by atoms with E-state index in [9.17, 15) is 9.30 Å². The van der Waals surface area contributed by atoms with Gasteiger partial charge in [0.1, 0.15) is 12.4 Å². The van der Waals surface area contributed by atoms with Gasteiger partial charge in [0.2, 0.25) is 0 Å². The van der Waals surface area contributed by atoms with Gasteiger partial charge < -0.3 is 4.74 Å². The van der Waals surface area contributed by atoms with Crippen LogP contribution in [-0.4, -0.2) is 6.61 Å². The first-order valence-electron chi connectivity index (χ1n) is 10.1. The molecule has 0 aliphatic heterocycles. The fourth-order valence-electron chi connectivity index (χ4n) is 4.36. The van der Waals surface area contributed by atoms with E-state index >= 15 is 4.39 Å². The summed E-state index contributed by atoms with van der Waals surface area (Å²) in [5.74, 6) is -1.44. The molecule has 2 aromatic rings. The van der Waals surface area contributed by atoms with Gasteiger partial charge in [-0.25, -0.2) is 8.78 Å². The van der Waals surface area contributed by atoms with Gasteiger partial charge in [-0.05, 0) is 71.9 Å². The van der Waals surface area contributed by atoms with E-state index < -0.39 is 18.2 Å². The third-order valence-electron chi connectivity index (χ3n) is 6.24. The molecule has 0 saturated heterocycles. The topological polar surface area (TPSA) is 38.7 Å². The van der Waals surface area contributed by atoms with Crippen LogP contribution in [0.3, 0.4) is 0 Å². The summed E-state index contributed by atoms with van der Waals surface area (Å²) < 4.78 is 35.7. The molecule has 0 fully saturated rings. The molecule has 0 spiro atoms. The maximum Gasteiger partial charge on any atom is 0.166 e. The van der Waals surface area contributed by atoms with Gasteiger partial charge in [0.05, 0.1) is 12.2 Å². The monoisotopic (exact) mass is 401 g/mol. The molecule has 5 heteroatoms. The summed E-state index contributed by atoms with van der Waals surface area (Å²) in [4.78, 5) is 10.7. The third kappa shape index (κ3) is 3.67. The summed E-state index contributed by atoms with van der Waals surface area (Å²) in [6.45, 7) is 12.2. The minimum Gasteiger partial charge on any atom is -0.490 e. The lowest BCUT2D eigenvalue weighted by molar-refractivity contribution is 0.320. The van der Waals surface area contributed by atoms with Gasteiger partial charge >= 0.3 is 0 Å². The van der Waals surface area contributed by atoms with Crippen molar-refractivity contribution in [3.8, 4) is 16.9 Å². The molecule has 0 aromatic heterocycles. The summed E-state index contributed by atoms with van der Waals surface area (Å²) >= 11 is 0. The van der Waals surface area contributed by atoms with Crippen molar-refractivity contribution in [2.45, 2.75) is 71.8 Å². The number of rotatable bonds is 5. The predicted octanol–water partition coefficient (Wildman–Crippen LogP) is 6.95. The van der Waals surface area contributed by atoms with Crippen molar-refractivity contribution >= 4 is 0 Å². The molecule has 2 aromatic carbocycles. The zero-order valence-corrected chi connectivity index (χ0v) is 18.1. The summed E-state index contributed by atoms with van der Waals surface area (Å²) in [5, 5.41) is 2.76. The number of benzene rings is 2. The normalized spacial score (nSPS) is 17.0. The van der Waals surface area contributed by atoms with E-state index in [-0.39, 0.29) is 34.3 Å². The highest BCUT2D eigenvalue weighted by molar-refractivity contribution is 5.77. The molecular weight excluding hydrogens is 372 g/mol. The standard InChI is InChI=1S/C24H29F2NO2/c1-7-29-22-19(25)11-15(13-27-28)21(26)20(22)16-12-18-17(10-14(16)2)23(3,4)8-9-24(18,5)6/h10-12H,7-9,13H2,1-6H3. The van der Waals surface area contributed by atoms with Crippen molar-refractivity contribution in [1.82, 2.24) is 0 Å². The van der Waals surface area contributed by atoms with Crippen molar-refractivity contribution < 1.29 is 13.5 Å². The number of fused-ring (bicyclic) bond motifs is 1. The second-order valence-electron chi connectivity index (χ2n) is 9.24. The zero-order valence-electron chi connectivity index (χ0n) is 18.1. The molecule has 0 radical (unpaired) electrons. The number of nitroso groups, excluding NO2 is 1. The van der Waals surface area contributed by atoms with Crippen LogP contribution in [0.5, 0.6) is 5.75 Å². The molecule has 3 nitrogen and oxygen atoms in total. The first kappa shape index (κ1) is 21.4. The van der Waals surface area contributed by atoms with Crippen molar-refractivity contribution in [1.29, 1.82) is 0 Å². The lowest BCUT2D eigenvalue weighted by Gasteiger charge is -2.42. The van der Waals surface area contributed by atoms with Crippen LogP contribution in [0.25, 0.3) is 11.1 Å². The Kier molecular flexibility index (Phi) is 5.54. The maximum absolute atomic E-state index is 15.4. The first-order valence-corrected chi connectivity index (χ1v) is 10.1. The molecule has 1 aliphatic rings. The minimum atomic E-state index is -0.682. The summed E-state index contributed by atoms with van der Waals surface area (Å²) in [7, 11) is 0. The molecule has 0 heterocycles. The third-order valence-corrected chi connectivity index (χ3v) is 6.24. The van der Waals surface area contributed by atoms with Crippen LogP contribution in [0, 0.1) is 23.5 Å². The van der Waals surface area contributed by atoms with E-state index in [1.807, 2.05) is 13.0 Å². The molecule has 0 N–H and O–H groups in total. The Labute approximate surface area is 171 Å². The molecule has 0 atom stereocenters. The highest BCUT2D eigenvalue weighted by atomic mass is 19.1. The van der Waals surface area contributed by atoms with E-state index in [1.54, 1.807) is 6.92 Å². The van der Waals surface area contributed by atoms with Gasteiger partial charge in [0.15, 0.2) is 11.6 Å². The Hall–Kier alpha value is -2.30. The van der Waals surface area contributed by atoms with E-state index in [4.69, 9.17) is 4.74 Å². The fraction of sp³-hybridized carbons (Fsp3) is 0.500. The first-order chi connectivity index (χ1) is 13.5. The lowest BCUT2D eigenvalue weighted by atomic mass is 9.62. The Balaban J connectivity index is 2.36. The number of nitrogens with zero attached hydrogens (tertiary/aromatic N) is 1. The van der Waals surface area contributed by atoms with Crippen LogP contribution in [0.4, 0.5) is 8.78 Å². The summed E-state index contributed by atoms with van der Waals surface area (Å²) in [5.41, 5.74) is 3.81. The second-order valence-corrected chi connectivity index (χ2v) is 9.24. The largest absolute Gasteiger partial charge is 0.490 e. The highest BCUT2D eigenvalue weighted by Gasteiger charge is 2.38. The SMILES string of the molecule is CCOc1c(F)cc(CN=O)c(F)c1-c1cc2c(cc1C)C(C)(C)CCC2(C)C. The molecule has 0 amide bonds. The van der Waals surface area contributed by atoms with Gasteiger partial charge in [0.25, 0.3) is 0 Å². The van der Waals surface area contributed by atoms with Crippen LogP contribution >= 0.6 is 0 Å². The van der Waals surface area contributed by atoms with E-state index in [2.05, 4.69) is 38.9 Å². The second kappa shape index (κ2) is 7.51. The van der Waals surface area contributed by atoms with Crippen LogP contribution < -0.4 is 4.74 Å². The molecule has 29 heavy (non-hydrogen) atoms. The molecular formula is C24H29F2NO2. The number of halogens is 2. The highest BCUT2D eigenvalue weighted by Crippen LogP contribution is 2.49. The number of hydrogen-bond acceptors (Lipinski definition) is 3. The van der Waals surface area contributed by atoms with E-state index in [1.165, 1.54) is 5.56 Å². The molecule has 0 saturated carbocycles. The average molecular weight is 401 g/mol. The fourth-order valence-corrected chi connectivity index (χ4v) is 4.36. The zero-order chi connectivity index (χ0) is 21.6. The number of hydrogen-bond donors (Lipinski definition) is 0. The minimum absolute atomic E-state index is 0.0178. The van der Waals surface area contributed by atoms with Gasteiger partial charge in [-0.2, -0.15) is 4.91 Å². The molecule has 0 bridgehead atoms. The van der Waals surface area contributed by atoms with Crippen molar-refractivity contribution in [3.05, 3.63) is 57.0 Å².